The molecule has 0 aliphatic rings. The summed E-state index contributed by atoms with van der Waals surface area (Å²) >= 11 is 0. The molecule has 152 valence electrons. The van der Waals surface area contributed by atoms with Gasteiger partial charge in [0.05, 0.1) is 19.7 Å². The zero-order valence-electron chi connectivity index (χ0n) is 16.9. The molecule has 0 fully saturated rings. The van der Waals surface area contributed by atoms with Crippen molar-refractivity contribution < 1.29 is 9.53 Å². The zero-order valence-corrected chi connectivity index (χ0v) is 16.9. The van der Waals surface area contributed by atoms with Crippen LogP contribution in [0.5, 0.6) is 5.75 Å². The lowest BCUT2D eigenvalue weighted by molar-refractivity contribution is 0.0934. The van der Waals surface area contributed by atoms with Crippen molar-refractivity contribution in [3.8, 4) is 11.6 Å². The minimum absolute atomic E-state index is 0.194. The van der Waals surface area contributed by atoms with Gasteiger partial charge in [-0.1, -0.05) is 47.7 Å². The Kier molecular flexibility index (Phi) is 5.61. The van der Waals surface area contributed by atoms with Gasteiger partial charge in [-0.2, -0.15) is 0 Å². The highest BCUT2D eigenvalue weighted by molar-refractivity contribution is 5.95. The Balaban J connectivity index is 1.60. The van der Waals surface area contributed by atoms with Crippen LogP contribution >= 0.6 is 0 Å². The van der Waals surface area contributed by atoms with E-state index in [1.807, 2.05) is 90.6 Å². The second-order valence-corrected chi connectivity index (χ2v) is 6.96. The third-order valence-electron chi connectivity index (χ3n) is 4.91. The van der Waals surface area contributed by atoms with Gasteiger partial charge in [0.2, 0.25) is 0 Å². The molecule has 0 saturated carbocycles. The lowest BCUT2D eigenvalue weighted by atomic mass is 10.1. The number of benzene rings is 2. The normalized spacial score (nSPS) is 11.8. The van der Waals surface area contributed by atoms with E-state index in [-0.39, 0.29) is 17.6 Å². The molecule has 4 rings (SSSR count). The molecular weight excluding hydrogens is 378 g/mol. The number of amides is 1. The van der Waals surface area contributed by atoms with Crippen LogP contribution < -0.4 is 10.1 Å². The number of nitrogens with zero attached hydrogens (tertiary/aromatic N) is 4. The van der Waals surface area contributed by atoms with Crippen molar-refractivity contribution in [2.75, 3.05) is 7.11 Å². The van der Waals surface area contributed by atoms with E-state index in [1.54, 1.807) is 11.8 Å². The monoisotopic (exact) mass is 401 g/mol. The second-order valence-electron chi connectivity index (χ2n) is 6.96. The first-order valence-electron chi connectivity index (χ1n) is 9.71. The fourth-order valence-electron chi connectivity index (χ4n) is 3.29. The molecule has 7 heteroatoms. The van der Waals surface area contributed by atoms with Gasteiger partial charge >= 0.3 is 0 Å². The Hall–Kier alpha value is -3.87. The van der Waals surface area contributed by atoms with Crippen LogP contribution in [0.3, 0.4) is 0 Å². The van der Waals surface area contributed by atoms with Gasteiger partial charge in [0.1, 0.15) is 5.75 Å². The zero-order chi connectivity index (χ0) is 20.9. The van der Waals surface area contributed by atoms with Crippen molar-refractivity contribution in [3.05, 3.63) is 95.9 Å². The van der Waals surface area contributed by atoms with Crippen LogP contribution in [0.4, 0.5) is 0 Å². The number of ether oxygens (including phenoxy) is 1. The first-order valence-corrected chi connectivity index (χ1v) is 9.71. The third-order valence-corrected chi connectivity index (χ3v) is 4.91. The van der Waals surface area contributed by atoms with Crippen LogP contribution in [0.15, 0.2) is 79.1 Å². The van der Waals surface area contributed by atoms with Gasteiger partial charge in [-0.05, 0) is 42.3 Å². The molecule has 2 aromatic heterocycles. The van der Waals surface area contributed by atoms with Crippen LogP contribution in [-0.2, 0) is 6.54 Å². The summed E-state index contributed by atoms with van der Waals surface area (Å²) in [6.45, 7) is 2.45. The number of nitrogens with one attached hydrogen (secondary N) is 1. The molecule has 4 aromatic rings. The van der Waals surface area contributed by atoms with Crippen LogP contribution in [0, 0.1) is 0 Å². The summed E-state index contributed by atoms with van der Waals surface area (Å²) in [6.07, 6.45) is 3.76. The number of hydrogen-bond donors (Lipinski definition) is 1. The highest BCUT2D eigenvalue weighted by Crippen LogP contribution is 2.19. The quantitative estimate of drug-likeness (QED) is 0.513. The second kappa shape index (κ2) is 8.65. The minimum atomic E-state index is -0.277. The van der Waals surface area contributed by atoms with Gasteiger partial charge in [0.15, 0.2) is 11.5 Å². The largest absolute Gasteiger partial charge is 0.497 e. The number of aromatic nitrogens is 4. The smallest absolute Gasteiger partial charge is 0.276 e. The molecule has 2 aromatic carbocycles. The van der Waals surface area contributed by atoms with Crippen molar-refractivity contribution in [2.45, 2.75) is 19.5 Å². The molecular formula is C23H23N5O2. The van der Waals surface area contributed by atoms with E-state index in [0.717, 1.165) is 16.9 Å². The molecule has 1 unspecified atom stereocenters. The van der Waals surface area contributed by atoms with Crippen molar-refractivity contribution in [3.63, 3.8) is 0 Å². The van der Waals surface area contributed by atoms with Crippen LogP contribution in [-0.4, -0.2) is 32.6 Å². The SMILES string of the molecule is COc1ccc(C(C)NC(=O)c2nnn(Cc3ccccc3)c2-n2cccc2)cc1. The summed E-state index contributed by atoms with van der Waals surface area (Å²) in [5, 5.41) is 11.5. The first kappa shape index (κ1) is 19.4. The number of hydrogen-bond acceptors (Lipinski definition) is 4. The van der Waals surface area contributed by atoms with Gasteiger partial charge in [-0.3, -0.25) is 4.79 Å². The fraction of sp³-hybridized carbons (Fsp3) is 0.174. The van der Waals surface area contributed by atoms with Gasteiger partial charge in [-0.25, -0.2) is 4.68 Å². The van der Waals surface area contributed by atoms with Gasteiger partial charge in [-0.15, -0.1) is 5.10 Å². The predicted molar refractivity (Wildman–Crippen MR) is 114 cm³/mol. The highest BCUT2D eigenvalue weighted by atomic mass is 16.5. The van der Waals surface area contributed by atoms with E-state index in [4.69, 9.17) is 4.74 Å². The Labute approximate surface area is 174 Å². The fourth-order valence-corrected chi connectivity index (χ4v) is 3.29. The number of carbonyl (C=O) groups excluding carboxylic acids is 1. The molecule has 1 amide bonds. The maximum absolute atomic E-state index is 13.1. The predicted octanol–water partition coefficient (Wildman–Crippen LogP) is 3.62. The maximum atomic E-state index is 13.1. The molecule has 0 saturated heterocycles. The van der Waals surface area contributed by atoms with Crippen LogP contribution in [0.1, 0.15) is 34.6 Å². The van der Waals surface area contributed by atoms with Crippen molar-refractivity contribution >= 4 is 5.91 Å². The molecule has 7 nitrogen and oxygen atoms in total. The molecule has 1 N–H and O–H groups in total. The lowest BCUT2D eigenvalue weighted by Crippen LogP contribution is -2.28. The number of rotatable bonds is 7. The Morgan fingerprint density at radius 2 is 1.73 bits per heavy atom. The van der Waals surface area contributed by atoms with E-state index in [1.165, 1.54) is 0 Å². The molecule has 0 aliphatic carbocycles. The molecule has 30 heavy (non-hydrogen) atoms. The Morgan fingerprint density at radius 3 is 2.40 bits per heavy atom. The standard InChI is InChI=1S/C23H23N5O2/c1-17(19-10-12-20(30-2)13-11-19)24-22(29)21-23(27-14-6-7-15-27)28(26-25-21)16-18-8-4-3-5-9-18/h3-15,17H,16H2,1-2H3,(H,24,29). The van der Waals surface area contributed by atoms with E-state index in [2.05, 4.69) is 15.6 Å². The van der Waals surface area contributed by atoms with Crippen molar-refractivity contribution in [2.24, 2.45) is 0 Å². The molecule has 1 atom stereocenters. The Bertz CT molecular complexity index is 1100. The van der Waals surface area contributed by atoms with Gasteiger partial charge < -0.3 is 14.6 Å². The van der Waals surface area contributed by atoms with E-state index < -0.39 is 0 Å². The summed E-state index contributed by atoms with van der Waals surface area (Å²) in [4.78, 5) is 13.1. The van der Waals surface area contributed by atoms with Crippen LogP contribution in [0.25, 0.3) is 5.82 Å². The topological polar surface area (TPSA) is 74.0 Å². The summed E-state index contributed by atoms with van der Waals surface area (Å²) in [6, 6.07) is 21.2. The van der Waals surface area contributed by atoms with Crippen molar-refractivity contribution in [1.82, 2.24) is 24.9 Å². The highest BCUT2D eigenvalue weighted by Gasteiger charge is 2.23. The maximum Gasteiger partial charge on any atom is 0.276 e. The van der Waals surface area contributed by atoms with Gasteiger partial charge in [0.25, 0.3) is 5.91 Å². The lowest BCUT2D eigenvalue weighted by Gasteiger charge is -2.15. The third kappa shape index (κ3) is 4.10. The minimum Gasteiger partial charge on any atom is -0.497 e. The molecule has 0 radical (unpaired) electrons. The van der Waals surface area contributed by atoms with Crippen LogP contribution in [0.2, 0.25) is 0 Å². The summed E-state index contributed by atoms with van der Waals surface area (Å²) in [5.74, 6) is 1.13. The van der Waals surface area contributed by atoms with E-state index in [9.17, 15) is 4.79 Å². The van der Waals surface area contributed by atoms with Gasteiger partial charge in [0, 0.05) is 12.4 Å². The molecule has 0 spiro atoms. The number of carbonyl (C=O) groups is 1. The molecule has 2 heterocycles. The Morgan fingerprint density at radius 1 is 1.03 bits per heavy atom. The summed E-state index contributed by atoms with van der Waals surface area (Å²) in [7, 11) is 1.63. The summed E-state index contributed by atoms with van der Waals surface area (Å²) in [5.41, 5.74) is 2.33. The average molecular weight is 401 g/mol. The average Bonchev–Trinajstić information content (AvgIpc) is 3.44. The number of methoxy groups -OCH3 is 1. The van der Waals surface area contributed by atoms with E-state index in [0.29, 0.717) is 12.4 Å². The van der Waals surface area contributed by atoms with E-state index >= 15 is 0 Å². The summed E-state index contributed by atoms with van der Waals surface area (Å²) < 4.78 is 8.79. The molecule has 0 aliphatic heterocycles. The van der Waals surface area contributed by atoms with Crippen molar-refractivity contribution in [1.29, 1.82) is 0 Å². The molecule has 0 bridgehead atoms. The first-order chi connectivity index (χ1) is 14.7.